The van der Waals surface area contributed by atoms with Crippen LogP contribution in [0.5, 0.6) is 0 Å². The van der Waals surface area contributed by atoms with E-state index in [1.165, 1.54) is 38.8 Å². The van der Waals surface area contributed by atoms with Crippen LogP contribution in [-0.2, 0) is 6.54 Å². The molecule has 1 aromatic carbocycles. The normalized spacial score (nSPS) is 17.8. The molecule has 1 aliphatic heterocycles. The van der Waals surface area contributed by atoms with E-state index >= 15 is 0 Å². The molecule has 3 rings (SSSR count). The van der Waals surface area contributed by atoms with Crippen LogP contribution in [0.2, 0.25) is 0 Å². The van der Waals surface area contributed by atoms with Gasteiger partial charge in [-0.25, -0.2) is 4.98 Å². The van der Waals surface area contributed by atoms with Gasteiger partial charge in [0.1, 0.15) is 5.82 Å². The largest absolute Gasteiger partial charge is 0.306 e. The lowest BCUT2D eigenvalue weighted by molar-refractivity contribution is 0.255. The highest BCUT2D eigenvalue weighted by Gasteiger charge is 2.13. The van der Waals surface area contributed by atoms with E-state index in [1.807, 2.05) is 30.3 Å². The minimum absolute atomic E-state index is 0.457. The summed E-state index contributed by atoms with van der Waals surface area (Å²) in [5, 5.41) is 10.9. The van der Waals surface area contributed by atoms with Crippen LogP contribution in [0.15, 0.2) is 30.3 Å². The molecular weight excluding hydrogens is 286 g/mol. The van der Waals surface area contributed by atoms with Crippen molar-refractivity contribution in [3.8, 4) is 11.4 Å². The molecule has 5 nitrogen and oxygen atoms in total. The smallest absolute Gasteiger partial charge is 0.181 e. The van der Waals surface area contributed by atoms with Gasteiger partial charge in [0.05, 0.1) is 6.54 Å². The molecule has 1 unspecified atom stereocenters. The van der Waals surface area contributed by atoms with E-state index in [0.717, 1.165) is 30.3 Å². The molecule has 0 bridgehead atoms. The van der Waals surface area contributed by atoms with E-state index in [9.17, 15) is 0 Å². The molecule has 124 valence electrons. The predicted molar refractivity (Wildman–Crippen MR) is 93.0 cm³/mol. The second kappa shape index (κ2) is 8.22. The molecular formula is C18H27N5. The van der Waals surface area contributed by atoms with Crippen LogP contribution in [0.4, 0.5) is 0 Å². The van der Waals surface area contributed by atoms with Gasteiger partial charge in [-0.15, -0.1) is 0 Å². The number of H-pyrrole nitrogens is 1. The van der Waals surface area contributed by atoms with Crippen LogP contribution < -0.4 is 5.32 Å². The summed E-state index contributed by atoms with van der Waals surface area (Å²) in [5.74, 6) is 1.66. The maximum atomic E-state index is 4.57. The van der Waals surface area contributed by atoms with Crippen molar-refractivity contribution in [3.63, 3.8) is 0 Å². The van der Waals surface area contributed by atoms with Crippen molar-refractivity contribution in [1.29, 1.82) is 0 Å². The first-order chi connectivity index (χ1) is 11.3. The molecule has 0 radical (unpaired) electrons. The molecule has 2 aromatic rings. The molecule has 1 saturated heterocycles. The van der Waals surface area contributed by atoms with Gasteiger partial charge in [-0.05, 0) is 32.9 Å². The summed E-state index contributed by atoms with van der Waals surface area (Å²) in [4.78, 5) is 7.16. The van der Waals surface area contributed by atoms with E-state index in [-0.39, 0.29) is 0 Å². The van der Waals surface area contributed by atoms with E-state index in [1.54, 1.807) is 0 Å². The first-order valence-electron chi connectivity index (χ1n) is 8.74. The molecule has 1 atom stereocenters. The van der Waals surface area contributed by atoms with E-state index in [2.05, 4.69) is 32.3 Å². The zero-order chi connectivity index (χ0) is 15.9. The Morgan fingerprint density at radius 3 is 2.61 bits per heavy atom. The Hall–Kier alpha value is -1.72. The number of benzene rings is 1. The summed E-state index contributed by atoms with van der Waals surface area (Å²) >= 11 is 0. The van der Waals surface area contributed by atoms with Gasteiger partial charge in [0, 0.05) is 18.2 Å². The van der Waals surface area contributed by atoms with Gasteiger partial charge in [-0.3, -0.25) is 5.10 Å². The Balaban J connectivity index is 1.47. The summed E-state index contributed by atoms with van der Waals surface area (Å²) in [5.41, 5.74) is 1.05. The average Bonchev–Trinajstić information content (AvgIpc) is 2.91. The third-order valence-corrected chi connectivity index (χ3v) is 4.41. The van der Waals surface area contributed by atoms with Crippen molar-refractivity contribution < 1.29 is 0 Å². The third-order valence-electron chi connectivity index (χ3n) is 4.41. The number of aromatic amines is 1. The van der Waals surface area contributed by atoms with Crippen LogP contribution in [0.25, 0.3) is 11.4 Å². The predicted octanol–water partition coefficient (Wildman–Crippen LogP) is 2.83. The van der Waals surface area contributed by atoms with Crippen molar-refractivity contribution in [2.24, 2.45) is 0 Å². The van der Waals surface area contributed by atoms with Crippen molar-refractivity contribution in [1.82, 2.24) is 25.4 Å². The van der Waals surface area contributed by atoms with E-state index in [0.29, 0.717) is 6.04 Å². The maximum Gasteiger partial charge on any atom is 0.181 e. The Bertz CT molecular complexity index is 572. The van der Waals surface area contributed by atoms with Crippen LogP contribution >= 0.6 is 0 Å². The van der Waals surface area contributed by atoms with Gasteiger partial charge in [-0.1, -0.05) is 43.2 Å². The van der Waals surface area contributed by atoms with Crippen molar-refractivity contribution in [2.45, 2.75) is 45.2 Å². The number of rotatable bonds is 6. The topological polar surface area (TPSA) is 56.8 Å². The fourth-order valence-corrected chi connectivity index (χ4v) is 3.13. The lowest BCUT2D eigenvalue weighted by Crippen LogP contribution is -2.39. The van der Waals surface area contributed by atoms with Gasteiger partial charge in [-0.2, -0.15) is 5.10 Å². The van der Waals surface area contributed by atoms with Crippen LogP contribution in [0.3, 0.4) is 0 Å². The monoisotopic (exact) mass is 313 g/mol. The van der Waals surface area contributed by atoms with Crippen LogP contribution in [0.1, 0.15) is 38.4 Å². The summed E-state index contributed by atoms with van der Waals surface area (Å²) in [7, 11) is 0. The highest BCUT2D eigenvalue weighted by Crippen LogP contribution is 2.13. The number of aromatic nitrogens is 3. The van der Waals surface area contributed by atoms with Gasteiger partial charge in [0.2, 0.25) is 0 Å². The summed E-state index contributed by atoms with van der Waals surface area (Å²) in [6.45, 7) is 6.58. The molecule has 5 heteroatoms. The zero-order valence-electron chi connectivity index (χ0n) is 14.0. The molecule has 2 heterocycles. The van der Waals surface area contributed by atoms with Crippen LogP contribution in [0, 0.1) is 0 Å². The van der Waals surface area contributed by atoms with Gasteiger partial charge in [0.25, 0.3) is 0 Å². The fourth-order valence-electron chi connectivity index (χ4n) is 3.13. The fraction of sp³-hybridized carbons (Fsp3) is 0.556. The Morgan fingerprint density at radius 1 is 1.13 bits per heavy atom. The zero-order valence-corrected chi connectivity index (χ0v) is 14.0. The van der Waals surface area contributed by atoms with Gasteiger partial charge < -0.3 is 10.2 Å². The SMILES string of the molecule is CC(CN1CCCCCC1)NCc1nc(-c2ccccc2)n[nH]1. The Kier molecular flexibility index (Phi) is 5.77. The summed E-state index contributed by atoms with van der Waals surface area (Å²) in [6, 6.07) is 10.5. The molecule has 0 spiro atoms. The molecule has 0 amide bonds. The van der Waals surface area contributed by atoms with Crippen molar-refractivity contribution >= 4 is 0 Å². The van der Waals surface area contributed by atoms with E-state index < -0.39 is 0 Å². The van der Waals surface area contributed by atoms with E-state index in [4.69, 9.17) is 0 Å². The summed E-state index contributed by atoms with van der Waals surface area (Å²) < 4.78 is 0. The molecule has 0 saturated carbocycles. The molecule has 1 fully saturated rings. The van der Waals surface area contributed by atoms with Crippen molar-refractivity contribution in [3.05, 3.63) is 36.2 Å². The van der Waals surface area contributed by atoms with Gasteiger partial charge >= 0.3 is 0 Å². The third kappa shape index (κ3) is 4.88. The Labute approximate surface area is 138 Å². The first kappa shape index (κ1) is 16.1. The van der Waals surface area contributed by atoms with Crippen LogP contribution in [-0.4, -0.2) is 45.8 Å². The van der Waals surface area contributed by atoms with Gasteiger partial charge in [0.15, 0.2) is 5.82 Å². The number of nitrogens with zero attached hydrogens (tertiary/aromatic N) is 3. The lowest BCUT2D eigenvalue weighted by Gasteiger charge is -2.24. The summed E-state index contributed by atoms with van der Waals surface area (Å²) in [6.07, 6.45) is 5.46. The minimum Gasteiger partial charge on any atom is -0.306 e. The Morgan fingerprint density at radius 2 is 1.87 bits per heavy atom. The quantitative estimate of drug-likeness (QED) is 0.861. The molecule has 0 aliphatic carbocycles. The number of nitrogens with one attached hydrogen (secondary N) is 2. The molecule has 23 heavy (non-hydrogen) atoms. The lowest BCUT2D eigenvalue weighted by atomic mass is 10.2. The maximum absolute atomic E-state index is 4.57. The standard InChI is InChI=1S/C18H27N5/c1-15(14-23-11-7-2-3-8-12-23)19-13-17-20-18(22-21-17)16-9-5-4-6-10-16/h4-6,9-10,15,19H,2-3,7-8,11-14H2,1H3,(H,20,21,22). The number of likely N-dealkylation sites (tertiary alicyclic amines) is 1. The number of hydrogen-bond acceptors (Lipinski definition) is 4. The second-order valence-corrected chi connectivity index (χ2v) is 6.47. The first-order valence-corrected chi connectivity index (χ1v) is 8.74. The highest BCUT2D eigenvalue weighted by molar-refractivity contribution is 5.53. The second-order valence-electron chi connectivity index (χ2n) is 6.47. The average molecular weight is 313 g/mol. The molecule has 1 aromatic heterocycles. The van der Waals surface area contributed by atoms with Crippen molar-refractivity contribution in [2.75, 3.05) is 19.6 Å². The number of hydrogen-bond donors (Lipinski definition) is 2. The highest BCUT2D eigenvalue weighted by atomic mass is 15.2. The molecule has 1 aliphatic rings. The minimum atomic E-state index is 0.457. The molecule has 2 N–H and O–H groups in total.